The predicted molar refractivity (Wildman–Crippen MR) is 108 cm³/mol. The minimum atomic E-state index is -0.417. The number of benzene rings is 2. The minimum Gasteiger partial charge on any atom is -0.467 e. The summed E-state index contributed by atoms with van der Waals surface area (Å²) in [6, 6.07) is 20.5. The van der Waals surface area contributed by atoms with Crippen LogP contribution < -0.4 is 5.32 Å². The van der Waals surface area contributed by atoms with Crippen LogP contribution in [0.25, 0.3) is 5.69 Å². The monoisotopic (exact) mass is 436 g/mol. The molecule has 0 fully saturated rings. The molecule has 7 heteroatoms. The average Bonchev–Trinajstić information content (AvgIpc) is 3.36. The zero-order chi connectivity index (χ0) is 19.5. The summed E-state index contributed by atoms with van der Waals surface area (Å²) in [4.78, 5) is 13.0. The van der Waals surface area contributed by atoms with Crippen LogP contribution in [0.15, 0.2) is 81.9 Å². The SMILES string of the molecule is Cc1c(C(=O)NC(c2ccccc2)c2ccco2)nnn1-c1cccc(Br)c1. The lowest BCUT2D eigenvalue weighted by Gasteiger charge is -2.16. The number of rotatable bonds is 5. The number of carbonyl (C=O) groups is 1. The fourth-order valence-corrected chi connectivity index (χ4v) is 3.40. The van der Waals surface area contributed by atoms with Crippen molar-refractivity contribution in [2.24, 2.45) is 0 Å². The van der Waals surface area contributed by atoms with Crippen molar-refractivity contribution in [1.82, 2.24) is 20.3 Å². The Bertz CT molecular complexity index is 1090. The van der Waals surface area contributed by atoms with Crippen LogP contribution in [0.5, 0.6) is 0 Å². The summed E-state index contributed by atoms with van der Waals surface area (Å²) in [5.74, 6) is 0.334. The van der Waals surface area contributed by atoms with E-state index >= 15 is 0 Å². The number of nitrogens with zero attached hydrogens (tertiary/aromatic N) is 3. The van der Waals surface area contributed by atoms with Gasteiger partial charge in [0.1, 0.15) is 11.8 Å². The summed E-state index contributed by atoms with van der Waals surface area (Å²) in [5, 5.41) is 11.3. The minimum absolute atomic E-state index is 0.271. The Labute approximate surface area is 170 Å². The largest absolute Gasteiger partial charge is 0.467 e. The van der Waals surface area contributed by atoms with E-state index in [0.29, 0.717) is 11.5 Å². The number of hydrogen-bond acceptors (Lipinski definition) is 4. The van der Waals surface area contributed by atoms with Gasteiger partial charge in [0.05, 0.1) is 17.6 Å². The van der Waals surface area contributed by atoms with Crippen LogP contribution in [0.2, 0.25) is 0 Å². The van der Waals surface area contributed by atoms with Crippen LogP contribution in [0, 0.1) is 6.92 Å². The first-order valence-corrected chi connectivity index (χ1v) is 9.50. The van der Waals surface area contributed by atoms with Gasteiger partial charge in [0.15, 0.2) is 5.69 Å². The topological polar surface area (TPSA) is 73.0 Å². The third-order valence-corrected chi connectivity index (χ3v) is 4.89. The molecule has 1 amide bonds. The third kappa shape index (κ3) is 3.61. The molecule has 0 spiro atoms. The molecule has 0 bridgehead atoms. The van der Waals surface area contributed by atoms with Crippen LogP contribution in [0.4, 0.5) is 0 Å². The van der Waals surface area contributed by atoms with Crippen molar-refractivity contribution in [3.8, 4) is 5.69 Å². The van der Waals surface area contributed by atoms with Gasteiger partial charge in [-0.1, -0.05) is 57.5 Å². The van der Waals surface area contributed by atoms with Crippen LogP contribution >= 0.6 is 15.9 Å². The van der Waals surface area contributed by atoms with Crippen molar-refractivity contribution in [1.29, 1.82) is 0 Å². The molecule has 1 unspecified atom stereocenters. The molecule has 0 aliphatic carbocycles. The Morgan fingerprint density at radius 1 is 1.11 bits per heavy atom. The quantitative estimate of drug-likeness (QED) is 0.501. The van der Waals surface area contributed by atoms with Gasteiger partial charge in [-0.3, -0.25) is 4.79 Å². The van der Waals surface area contributed by atoms with E-state index in [1.165, 1.54) is 0 Å². The first-order chi connectivity index (χ1) is 13.6. The van der Waals surface area contributed by atoms with Crippen LogP contribution in [0.1, 0.15) is 33.5 Å². The Morgan fingerprint density at radius 3 is 2.64 bits per heavy atom. The van der Waals surface area contributed by atoms with E-state index in [1.54, 1.807) is 17.0 Å². The molecule has 2 heterocycles. The zero-order valence-corrected chi connectivity index (χ0v) is 16.6. The van der Waals surface area contributed by atoms with Gasteiger partial charge < -0.3 is 9.73 Å². The maximum Gasteiger partial charge on any atom is 0.274 e. The molecule has 0 aliphatic heterocycles. The summed E-state index contributed by atoms with van der Waals surface area (Å²) in [5.41, 5.74) is 2.67. The van der Waals surface area contributed by atoms with Crippen molar-refractivity contribution in [2.45, 2.75) is 13.0 Å². The van der Waals surface area contributed by atoms with E-state index in [-0.39, 0.29) is 11.6 Å². The molecule has 2 aromatic heterocycles. The van der Waals surface area contributed by atoms with Gasteiger partial charge in [-0.15, -0.1) is 5.10 Å². The second-order valence-corrected chi connectivity index (χ2v) is 7.16. The maximum atomic E-state index is 13.0. The van der Waals surface area contributed by atoms with E-state index in [2.05, 4.69) is 31.6 Å². The fourth-order valence-electron chi connectivity index (χ4n) is 3.01. The first kappa shape index (κ1) is 18.2. The van der Waals surface area contributed by atoms with Gasteiger partial charge in [0, 0.05) is 4.47 Å². The van der Waals surface area contributed by atoms with Crippen molar-refractivity contribution in [2.75, 3.05) is 0 Å². The van der Waals surface area contributed by atoms with Crippen molar-refractivity contribution >= 4 is 21.8 Å². The average molecular weight is 437 g/mol. The lowest BCUT2D eigenvalue weighted by Crippen LogP contribution is -2.30. The van der Waals surface area contributed by atoms with Gasteiger partial charge >= 0.3 is 0 Å². The highest BCUT2D eigenvalue weighted by Gasteiger charge is 2.24. The summed E-state index contributed by atoms with van der Waals surface area (Å²) in [6.07, 6.45) is 1.59. The zero-order valence-electron chi connectivity index (χ0n) is 15.0. The number of amides is 1. The highest BCUT2D eigenvalue weighted by atomic mass is 79.9. The molecule has 0 aliphatic rings. The number of hydrogen-bond donors (Lipinski definition) is 1. The third-order valence-electron chi connectivity index (χ3n) is 4.40. The molecule has 0 radical (unpaired) electrons. The first-order valence-electron chi connectivity index (χ1n) is 8.71. The van der Waals surface area contributed by atoms with Crippen molar-refractivity contribution < 1.29 is 9.21 Å². The number of carbonyl (C=O) groups excluding carboxylic acids is 1. The Kier molecular flexibility index (Phi) is 5.08. The fraction of sp³-hybridized carbons (Fsp3) is 0.0952. The molecule has 2 aromatic carbocycles. The van der Waals surface area contributed by atoms with E-state index in [9.17, 15) is 4.79 Å². The van der Waals surface area contributed by atoms with Gasteiger partial charge in [0.25, 0.3) is 5.91 Å². The summed E-state index contributed by atoms with van der Waals surface area (Å²) >= 11 is 3.45. The highest BCUT2D eigenvalue weighted by molar-refractivity contribution is 9.10. The van der Waals surface area contributed by atoms with Gasteiger partial charge in [-0.25, -0.2) is 4.68 Å². The number of nitrogens with one attached hydrogen (secondary N) is 1. The van der Waals surface area contributed by atoms with E-state index in [4.69, 9.17) is 4.42 Å². The molecule has 28 heavy (non-hydrogen) atoms. The van der Waals surface area contributed by atoms with Gasteiger partial charge in [-0.05, 0) is 42.8 Å². The molecular weight excluding hydrogens is 420 g/mol. The van der Waals surface area contributed by atoms with E-state index < -0.39 is 6.04 Å². The highest BCUT2D eigenvalue weighted by Crippen LogP contribution is 2.23. The standard InChI is InChI=1S/C21H17BrN4O2/c1-14-19(24-25-26(14)17-10-5-9-16(22)13-17)21(27)23-20(18-11-6-12-28-18)15-7-3-2-4-8-15/h2-13,20H,1H3,(H,23,27). The smallest absolute Gasteiger partial charge is 0.274 e. The molecule has 1 atom stereocenters. The number of halogens is 1. The second kappa shape index (κ2) is 7.82. The van der Waals surface area contributed by atoms with Crippen LogP contribution in [-0.4, -0.2) is 20.9 Å². The van der Waals surface area contributed by atoms with Crippen LogP contribution in [-0.2, 0) is 0 Å². The summed E-state index contributed by atoms with van der Waals surface area (Å²) in [7, 11) is 0. The van der Waals surface area contributed by atoms with E-state index in [1.807, 2.05) is 67.6 Å². The van der Waals surface area contributed by atoms with Gasteiger partial charge in [0.2, 0.25) is 0 Å². The molecule has 4 rings (SSSR count). The van der Waals surface area contributed by atoms with Crippen molar-refractivity contribution in [3.63, 3.8) is 0 Å². The second-order valence-electron chi connectivity index (χ2n) is 6.25. The summed E-state index contributed by atoms with van der Waals surface area (Å²) in [6.45, 7) is 1.82. The maximum absolute atomic E-state index is 13.0. The Morgan fingerprint density at radius 2 is 1.93 bits per heavy atom. The van der Waals surface area contributed by atoms with Gasteiger partial charge in [-0.2, -0.15) is 0 Å². The normalized spacial score (nSPS) is 11.9. The number of furan rings is 1. The molecule has 140 valence electrons. The molecule has 4 aromatic rings. The Hall–Kier alpha value is -3.19. The molecule has 1 N–H and O–H groups in total. The van der Waals surface area contributed by atoms with Crippen LogP contribution in [0.3, 0.4) is 0 Å². The molecule has 0 saturated carbocycles. The predicted octanol–water partition coefficient (Wildman–Crippen LogP) is 4.45. The lowest BCUT2D eigenvalue weighted by atomic mass is 10.0. The summed E-state index contributed by atoms with van der Waals surface area (Å²) < 4.78 is 8.11. The molecular formula is C21H17BrN4O2. The molecule has 6 nitrogen and oxygen atoms in total. The Balaban J connectivity index is 1.64. The van der Waals surface area contributed by atoms with E-state index in [0.717, 1.165) is 15.7 Å². The van der Waals surface area contributed by atoms with Crippen molar-refractivity contribution in [3.05, 3.63) is 100 Å². The lowest BCUT2D eigenvalue weighted by molar-refractivity contribution is 0.0933. The number of aromatic nitrogens is 3. The molecule has 0 saturated heterocycles.